The van der Waals surface area contributed by atoms with Crippen LogP contribution in [0.15, 0.2) is 11.7 Å². The number of rotatable bonds is 5. The lowest BCUT2D eigenvalue weighted by Crippen LogP contribution is -2.08. The van der Waals surface area contributed by atoms with Gasteiger partial charge in [0.2, 0.25) is 0 Å². The van der Waals surface area contributed by atoms with Crippen molar-refractivity contribution in [3.8, 4) is 0 Å². The predicted molar refractivity (Wildman–Crippen MR) is 53.8 cm³/mol. The molecule has 0 radical (unpaired) electrons. The van der Waals surface area contributed by atoms with Crippen molar-refractivity contribution in [3.63, 3.8) is 0 Å². The standard InChI is InChI=1S/C10H15NOS/c12-10(8-4-5-8)3-1-2-9-6-11-7-13-9/h6-8,10,12H,1-5H2. The molecule has 0 saturated heterocycles. The van der Waals surface area contributed by atoms with E-state index < -0.39 is 0 Å². The van der Waals surface area contributed by atoms with E-state index >= 15 is 0 Å². The van der Waals surface area contributed by atoms with E-state index in [9.17, 15) is 5.11 Å². The highest BCUT2D eigenvalue weighted by atomic mass is 32.1. The Morgan fingerprint density at radius 2 is 2.46 bits per heavy atom. The zero-order valence-electron chi connectivity index (χ0n) is 7.65. The summed E-state index contributed by atoms with van der Waals surface area (Å²) >= 11 is 1.71. The van der Waals surface area contributed by atoms with E-state index in [1.165, 1.54) is 17.7 Å². The molecule has 0 bridgehead atoms. The van der Waals surface area contributed by atoms with Crippen molar-refractivity contribution in [1.29, 1.82) is 0 Å². The fourth-order valence-electron chi connectivity index (χ4n) is 1.57. The summed E-state index contributed by atoms with van der Waals surface area (Å²) < 4.78 is 0. The third kappa shape index (κ3) is 2.78. The van der Waals surface area contributed by atoms with Crippen LogP contribution in [0.2, 0.25) is 0 Å². The van der Waals surface area contributed by atoms with Gasteiger partial charge in [-0.25, -0.2) is 0 Å². The topological polar surface area (TPSA) is 33.1 Å². The second kappa shape index (κ2) is 4.20. The van der Waals surface area contributed by atoms with E-state index in [1.807, 2.05) is 11.7 Å². The van der Waals surface area contributed by atoms with E-state index in [1.54, 1.807) is 11.3 Å². The monoisotopic (exact) mass is 197 g/mol. The van der Waals surface area contributed by atoms with Crippen molar-refractivity contribution in [3.05, 3.63) is 16.6 Å². The van der Waals surface area contributed by atoms with Gasteiger partial charge in [-0.2, -0.15) is 0 Å². The molecule has 3 heteroatoms. The van der Waals surface area contributed by atoms with E-state index in [4.69, 9.17) is 0 Å². The zero-order chi connectivity index (χ0) is 9.10. The van der Waals surface area contributed by atoms with E-state index in [-0.39, 0.29) is 6.10 Å². The van der Waals surface area contributed by atoms with Crippen LogP contribution in [0.4, 0.5) is 0 Å². The molecule has 13 heavy (non-hydrogen) atoms. The maximum Gasteiger partial charge on any atom is 0.0794 e. The van der Waals surface area contributed by atoms with Gasteiger partial charge in [0.1, 0.15) is 0 Å². The van der Waals surface area contributed by atoms with Crippen LogP contribution in [-0.2, 0) is 6.42 Å². The van der Waals surface area contributed by atoms with Gasteiger partial charge in [-0.1, -0.05) is 0 Å². The number of thiazole rings is 1. The molecular weight excluding hydrogens is 182 g/mol. The predicted octanol–water partition coefficient (Wildman–Crippen LogP) is 2.24. The van der Waals surface area contributed by atoms with Crippen LogP contribution in [0.3, 0.4) is 0 Å². The molecule has 2 nitrogen and oxygen atoms in total. The normalized spacial score (nSPS) is 18.8. The molecule has 0 aromatic carbocycles. The molecule has 1 aliphatic carbocycles. The highest BCUT2D eigenvalue weighted by Crippen LogP contribution is 2.34. The smallest absolute Gasteiger partial charge is 0.0794 e. The number of hydrogen-bond acceptors (Lipinski definition) is 3. The Hall–Kier alpha value is -0.410. The van der Waals surface area contributed by atoms with Crippen molar-refractivity contribution in [2.24, 2.45) is 5.92 Å². The number of hydrogen-bond donors (Lipinski definition) is 1. The quantitative estimate of drug-likeness (QED) is 0.785. The minimum atomic E-state index is -0.0343. The van der Waals surface area contributed by atoms with E-state index in [0.717, 1.165) is 19.3 Å². The molecule has 0 amide bonds. The molecular formula is C10H15NOS. The first kappa shape index (κ1) is 9.16. The van der Waals surface area contributed by atoms with Gasteiger partial charge in [0.05, 0.1) is 11.6 Å². The second-order valence-electron chi connectivity index (χ2n) is 3.76. The Balaban J connectivity index is 1.63. The van der Waals surface area contributed by atoms with Gasteiger partial charge in [0.15, 0.2) is 0 Å². The molecule has 72 valence electrons. The van der Waals surface area contributed by atoms with Crippen LogP contribution in [0, 0.1) is 5.92 Å². The molecule has 1 heterocycles. The molecule has 0 spiro atoms. The van der Waals surface area contributed by atoms with Crippen molar-refractivity contribution >= 4 is 11.3 Å². The largest absolute Gasteiger partial charge is 0.393 e. The molecule has 1 aromatic heterocycles. The van der Waals surface area contributed by atoms with Crippen LogP contribution in [-0.4, -0.2) is 16.2 Å². The van der Waals surface area contributed by atoms with Crippen LogP contribution in [0.1, 0.15) is 30.6 Å². The molecule has 0 aliphatic heterocycles. The number of aryl methyl sites for hydroxylation is 1. The third-order valence-electron chi connectivity index (χ3n) is 2.57. The fraction of sp³-hybridized carbons (Fsp3) is 0.700. The molecule has 2 rings (SSSR count). The maximum absolute atomic E-state index is 9.61. The summed E-state index contributed by atoms with van der Waals surface area (Å²) in [5.41, 5.74) is 1.87. The van der Waals surface area contributed by atoms with Gasteiger partial charge >= 0.3 is 0 Å². The van der Waals surface area contributed by atoms with Crippen molar-refractivity contribution < 1.29 is 5.11 Å². The molecule has 1 fully saturated rings. The second-order valence-corrected chi connectivity index (χ2v) is 4.74. The summed E-state index contributed by atoms with van der Waals surface area (Å²) in [4.78, 5) is 5.36. The summed E-state index contributed by atoms with van der Waals surface area (Å²) in [6.45, 7) is 0. The Labute approximate surface area is 82.6 Å². The molecule has 1 atom stereocenters. The van der Waals surface area contributed by atoms with E-state index in [0.29, 0.717) is 5.92 Å². The van der Waals surface area contributed by atoms with Crippen LogP contribution in [0.5, 0.6) is 0 Å². The van der Waals surface area contributed by atoms with Gasteiger partial charge in [0, 0.05) is 11.1 Å². The first-order chi connectivity index (χ1) is 6.36. The number of nitrogens with zero attached hydrogens (tertiary/aromatic N) is 1. The minimum Gasteiger partial charge on any atom is -0.393 e. The van der Waals surface area contributed by atoms with Gasteiger partial charge in [0.25, 0.3) is 0 Å². The highest BCUT2D eigenvalue weighted by Gasteiger charge is 2.28. The average molecular weight is 197 g/mol. The van der Waals surface area contributed by atoms with Crippen LogP contribution >= 0.6 is 11.3 Å². The number of aromatic nitrogens is 1. The molecule has 1 unspecified atom stereocenters. The molecule has 1 N–H and O–H groups in total. The Morgan fingerprint density at radius 3 is 3.08 bits per heavy atom. The number of aliphatic hydroxyl groups is 1. The summed E-state index contributed by atoms with van der Waals surface area (Å²) in [7, 11) is 0. The number of aliphatic hydroxyl groups excluding tert-OH is 1. The third-order valence-corrected chi connectivity index (χ3v) is 3.41. The average Bonchev–Trinajstić information content (AvgIpc) is 2.86. The summed E-state index contributed by atoms with van der Waals surface area (Å²) in [5, 5.41) is 9.61. The first-order valence-electron chi connectivity index (χ1n) is 4.91. The Morgan fingerprint density at radius 1 is 1.62 bits per heavy atom. The maximum atomic E-state index is 9.61. The summed E-state index contributed by atoms with van der Waals surface area (Å²) in [6, 6.07) is 0. The van der Waals surface area contributed by atoms with Crippen molar-refractivity contribution in [2.75, 3.05) is 0 Å². The van der Waals surface area contributed by atoms with Gasteiger partial charge in [-0.05, 0) is 38.0 Å². The van der Waals surface area contributed by atoms with Crippen molar-refractivity contribution in [1.82, 2.24) is 4.98 Å². The Kier molecular flexibility index (Phi) is 2.96. The zero-order valence-corrected chi connectivity index (χ0v) is 8.46. The minimum absolute atomic E-state index is 0.0343. The van der Waals surface area contributed by atoms with Crippen molar-refractivity contribution in [2.45, 2.75) is 38.2 Å². The molecule has 1 aliphatic rings. The van der Waals surface area contributed by atoms with Crippen LogP contribution < -0.4 is 0 Å². The van der Waals surface area contributed by atoms with E-state index in [2.05, 4.69) is 4.98 Å². The highest BCUT2D eigenvalue weighted by molar-refractivity contribution is 7.09. The fourth-order valence-corrected chi connectivity index (χ4v) is 2.21. The molecule has 1 saturated carbocycles. The first-order valence-corrected chi connectivity index (χ1v) is 5.79. The lowest BCUT2D eigenvalue weighted by Gasteiger charge is -2.07. The summed E-state index contributed by atoms with van der Waals surface area (Å²) in [5.74, 6) is 0.626. The van der Waals surface area contributed by atoms with Gasteiger partial charge in [-0.3, -0.25) is 4.98 Å². The van der Waals surface area contributed by atoms with Gasteiger partial charge in [-0.15, -0.1) is 11.3 Å². The summed E-state index contributed by atoms with van der Waals surface area (Å²) in [6.07, 6.45) is 7.50. The lowest BCUT2D eigenvalue weighted by atomic mass is 10.1. The Bertz CT molecular complexity index is 243. The van der Waals surface area contributed by atoms with Gasteiger partial charge < -0.3 is 5.11 Å². The SMILES string of the molecule is OC(CCCc1cncs1)C1CC1. The van der Waals surface area contributed by atoms with Crippen LogP contribution in [0.25, 0.3) is 0 Å². The molecule has 1 aromatic rings. The lowest BCUT2D eigenvalue weighted by molar-refractivity contribution is 0.139.